The number of nitro groups is 1. The van der Waals surface area contributed by atoms with Crippen LogP contribution in [-0.2, 0) is 15.4 Å². The zero-order chi connectivity index (χ0) is 18.4. The van der Waals surface area contributed by atoms with Crippen molar-refractivity contribution < 1.29 is 13.3 Å². The number of sulfonamides is 1. The van der Waals surface area contributed by atoms with Gasteiger partial charge in [-0.15, -0.1) is 0 Å². The van der Waals surface area contributed by atoms with E-state index in [9.17, 15) is 18.5 Å². The smallest absolute Gasteiger partial charge is 0.293 e. The minimum absolute atomic E-state index is 0.0520. The third-order valence-electron chi connectivity index (χ3n) is 4.60. The molecule has 1 aliphatic carbocycles. The van der Waals surface area contributed by atoms with Crippen LogP contribution in [0.5, 0.6) is 0 Å². The first-order valence-corrected chi connectivity index (χ1v) is 9.31. The number of benzene rings is 2. The molecule has 0 heterocycles. The Bertz CT molecular complexity index is 954. The average Bonchev–Trinajstić information content (AvgIpc) is 2.78. The van der Waals surface area contributed by atoms with Gasteiger partial charge in [-0.2, -0.15) is 0 Å². The summed E-state index contributed by atoms with van der Waals surface area (Å²) < 4.78 is 22.9. The number of hydrogen-bond acceptors (Lipinski definition) is 5. The van der Waals surface area contributed by atoms with Gasteiger partial charge in [0.25, 0.3) is 5.69 Å². The molecule has 8 heteroatoms. The predicted octanol–water partition coefficient (Wildman–Crippen LogP) is 3.08. The number of rotatable bonds is 4. The van der Waals surface area contributed by atoms with Crippen molar-refractivity contribution in [3.63, 3.8) is 0 Å². The van der Waals surface area contributed by atoms with Crippen LogP contribution in [0.2, 0.25) is 0 Å². The topological polar surface area (TPSA) is 115 Å². The molecule has 3 rings (SSSR count). The van der Waals surface area contributed by atoms with Crippen LogP contribution in [0.15, 0.2) is 47.4 Å². The number of nitro benzene ring substituents is 1. The molecule has 1 aliphatic rings. The lowest BCUT2D eigenvalue weighted by Gasteiger charge is -2.20. The van der Waals surface area contributed by atoms with E-state index >= 15 is 0 Å². The quantitative estimate of drug-likeness (QED) is 0.641. The van der Waals surface area contributed by atoms with E-state index in [4.69, 9.17) is 5.14 Å². The second-order valence-electron chi connectivity index (χ2n) is 6.85. The maximum Gasteiger partial charge on any atom is 0.293 e. The molecule has 25 heavy (non-hydrogen) atoms. The zero-order valence-electron chi connectivity index (χ0n) is 13.9. The highest BCUT2D eigenvalue weighted by atomic mass is 32.2. The van der Waals surface area contributed by atoms with Gasteiger partial charge >= 0.3 is 0 Å². The fourth-order valence-electron chi connectivity index (χ4n) is 3.43. The second kappa shape index (κ2) is 5.82. The minimum atomic E-state index is -4.00. The molecule has 0 aliphatic heterocycles. The van der Waals surface area contributed by atoms with Gasteiger partial charge in [-0.1, -0.05) is 38.1 Å². The van der Waals surface area contributed by atoms with Gasteiger partial charge < -0.3 is 5.32 Å². The van der Waals surface area contributed by atoms with Crippen molar-refractivity contribution in [3.8, 4) is 0 Å². The molecule has 1 unspecified atom stereocenters. The van der Waals surface area contributed by atoms with E-state index in [1.165, 1.54) is 17.7 Å². The van der Waals surface area contributed by atoms with Gasteiger partial charge in [0.1, 0.15) is 5.69 Å². The van der Waals surface area contributed by atoms with E-state index in [1.54, 1.807) is 0 Å². The number of nitrogens with two attached hydrogens (primary N) is 1. The molecule has 2 aromatic rings. The van der Waals surface area contributed by atoms with Crippen LogP contribution in [-0.4, -0.2) is 13.3 Å². The fraction of sp³-hybridized carbons (Fsp3) is 0.294. The number of primary sulfonamides is 1. The fourth-order valence-corrected chi connectivity index (χ4v) is 3.96. The molecule has 0 saturated carbocycles. The minimum Gasteiger partial charge on any atom is -0.373 e. The van der Waals surface area contributed by atoms with Crippen LogP contribution in [0, 0.1) is 10.1 Å². The summed E-state index contributed by atoms with van der Waals surface area (Å²) in [6.45, 7) is 4.26. The summed E-state index contributed by atoms with van der Waals surface area (Å²) in [6.07, 6.45) is 0.778. The summed E-state index contributed by atoms with van der Waals surface area (Å²) >= 11 is 0. The Kier molecular flexibility index (Phi) is 4.04. The predicted molar refractivity (Wildman–Crippen MR) is 94.9 cm³/mol. The Labute approximate surface area is 146 Å². The molecular weight excluding hydrogens is 342 g/mol. The molecule has 0 spiro atoms. The molecule has 2 aromatic carbocycles. The first kappa shape index (κ1) is 17.4. The zero-order valence-corrected chi connectivity index (χ0v) is 14.7. The lowest BCUT2D eigenvalue weighted by atomic mass is 9.86. The molecule has 132 valence electrons. The molecule has 0 bridgehead atoms. The van der Waals surface area contributed by atoms with E-state index in [2.05, 4.69) is 25.2 Å². The third-order valence-corrected chi connectivity index (χ3v) is 5.51. The standard InChI is InChI=1S/C17H19N3O4S/c1-17(2)10-15(12-5-3-4-6-13(12)17)19-14-8-7-11(25(18,23)24)9-16(14)20(21)22/h3-9,15,19H,10H2,1-2H3,(H2,18,23,24). The summed E-state index contributed by atoms with van der Waals surface area (Å²) in [5.74, 6) is 0. The molecule has 3 N–H and O–H groups in total. The lowest BCUT2D eigenvalue weighted by Crippen LogP contribution is -2.15. The maximum absolute atomic E-state index is 11.4. The lowest BCUT2D eigenvalue weighted by molar-refractivity contribution is -0.384. The first-order chi connectivity index (χ1) is 11.6. The largest absolute Gasteiger partial charge is 0.373 e. The molecule has 0 saturated heterocycles. The van der Waals surface area contributed by atoms with Crippen LogP contribution >= 0.6 is 0 Å². The monoisotopic (exact) mass is 361 g/mol. The summed E-state index contributed by atoms with van der Waals surface area (Å²) in [5.41, 5.74) is 2.21. The van der Waals surface area contributed by atoms with Gasteiger partial charge in [0, 0.05) is 6.07 Å². The van der Waals surface area contributed by atoms with Crippen LogP contribution < -0.4 is 10.5 Å². The summed E-state index contributed by atoms with van der Waals surface area (Å²) in [4.78, 5) is 10.5. The molecular formula is C17H19N3O4S. The highest BCUT2D eigenvalue weighted by molar-refractivity contribution is 7.89. The summed E-state index contributed by atoms with van der Waals surface area (Å²) in [7, 11) is -4.00. The van der Waals surface area contributed by atoms with E-state index in [0.717, 1.165) is 18.1 Å². The van der Waals surface area contributed by atoms with Gasteiger partial charge in [0.2, 0.25) is 10.0 Å². The first-order valence-electron chi connectivity index (χ1n) is 7.77. The van der Waals surface area contributed by atoms with Gasteiger partial charge in [-0.25, -0.2) is 13.6 Å². The van der Waals surface area contributed by atoms with Gasteiger partial charge in [-0.3, -0.25) is 10.1 Å². The van der Waals surface area contributed by atoms with Crippen molar-refractivity contribution in [2.45, 2.75) is 36.6 Å². The van der Waals surface area contributed by atoms with E-state index in [0.29, 0.717) is 0 Å². The van der Waals surface area contributed by atoms with Crippen LogP contribution in [0.3, 0.4) is 0 Å². The number of fused-ring (bicyclic) bond motifs is 1. The van der Waals surface area contributed by atoms with Crippen molar-refractivity contribution in [2.24, 2.45) is 5.14 Å². The third kappa shape index (κ3) is 3.22. The SMILES string of the molecule is CC1(C)CC(Nc2ccc(S(N)(=O)=O)cc2[N+](=O)[O-])c2ccccc21. The van der Waals surface area contributed by atoms with Crippen molar-refractivity contribution in [1.29, 1.82) is 0 Å². The Balaban J connectivity index is 2.01. The number of hydrogen-bond donors (Lipinski definition) is 2. The Morgan fingerprint density at radius 1 is 1.24 bits per heavy atom. The summed E-state index contributed by atoms with van der Waals surface area (Å²) in [6, 6.07) is 11.6. The average molecular weight is 361 g/mol. The highest BCUT2D eigenvalue weighted by Gasteiger charge is 2.37. The highest BCUT2D eigenvalue weighted by Crippen LogP contribution is 2.46. The maximum atomic E-state index is 11.4. The molecule has 0 fully saturated rings. The van der Waals surface area contributed by atoms with Crippen molar-refractivity contribution in [2.75, 3.05) is 5.32 Å². The normalized spacial score (nSPS) is 18.6. The van der Waals surface area contributed by atoms with Crippen molar-refractivity contribution in [1.82, 2.24) is 0 Å². The van der Waals surface area contributed by atoms with E-state index in [-0.39, 0.29) is 27.7 Å². The van der Waals surface area contributed by atoms with Crippen LogP contribution in [0.4, 0.5) is 11.4 Å². The molecule has 0 amide bonds. The van der Waals surface area contributed by atoms with E-state index < -0.39 is 14.9 Å². The van der Waals surface area contributed by atoms with Gasteiger partial charge in [0.05, 0.1) is 15.9 Å². The Morgan fingerprint density at radius 3 is 2.56 bits per heavy atom. The molecule has 1 atom stereocenters. The summed E-state index contributed by atoms with van der Waals surface area (Å²) in [5, 5.41) is 19.6. The van der Waals surface area contributed by atoms with Crippen molar-refractivity contribution in [3.05, 3.63) is 63.7 Å². The number of anilines is 1. The van der Waals surface area contributed by atoms with Gasteiger partial charge in [0.15, 0.2) is 0 Å². The molecule has 0 radical (unpaired) electrons. The number of nitrogens with zero attached hydrogens (tertiary/aromatic N) is 1. The van der Waals surface area contributed by atoms with E-state index in [1.807, 2.05) is 18.2 Å². The van der Waals surface area contributed by atoms with Crippen LogP contribution in [0.25, 0.3) is 0 Å². The van der Waals surface area contributed by atoms with Gasteiger partial charge in [-0.05, 0) is 35.1 Å². The number of nitrogens with one attached hydrogen (secondary N) is 1. The second-order valence-corrected chi connectivity index (χ2v) is 8.41. The molecule has 0 aromatic heterocycles. The Morgan fingerprint density at radius 2 is 1.92 bits per heavy atom. The van der Waals surface area contributed by atoms with Crippen molar-refractivity contribution >= 4 is 21.4 Å². The van der Waals surface area contributed by atoms with Crippen LogP contribution in [0.1, 0.15) is 37.4 Å². The Hall–Kier alpha value is -2.45. The molecule has 7 nitrogen and oxygen atoms in total.